The van der Waals surface area contributed by atoms with Crippen molar-refractivity contribution >= 4 is 12.0 Å². The molecule has 0 saturated carbocycles. The van der Waals surface area contributed by atoms with E-state index in [1.165, 1.54) is 42.5 Å². The lowest BCUT2D eigenvalue weighted by atomic mass is 10.1. The number of benzene rings is 2. The lowest BCUT2D eigenvalue weighted by molar-refractivity contribution is -0.128. The van der Waals surface area contributed by atoms with E-state index < -0.39 is 11.6 Å². The molecule has 27 heavy (non-hydrogen) atoms. The standard InChI is InChI=1S/C22H17FO4/c23-18-10-6-17(7-11-18)9-13-21(24)27-20-14-19(26-22(25)15-20)12-8-16-4-2-1-3-5-16/h1-7,9-11,13-15H,8,12H2/b13-9+. The molecule has 0 aliphatic heterocycles. The summed E-state index contributed by atoms with van der Waals surface area (Å²) in [5.41, 5.74) is 1.19. The Hall–Kier alpha value is -3.47. The number of carbonyl (C=O) groups is 1. The second-order valence-corrected chi connectivity index (χ2v) is 5.87. The van der Waals surface area contributed by atoms with Gasteiger partial charge in [0.1, 0.15) is 17.3 Å². The number of ether oxygens (including phenoxy) is 1. The summed E-state index contributed by atoms with van der Waals surface area (Å²) in [6.07, 6.45) is 3.93. The van der Waals surface area contributed by atoms with Gasteiger partial charge in [0.05, 0.1) is 6.07 Å². The van der Waals surface area contributed by atoms with Crippen molar-refractivity contribution in [3.05, 3.63) is 106 Å². The summed E-state index contributed by atoms with van der Waals surface area (Å²) in [5.74, 6) is -0.424. The molecular formula is C22H17FO4. The molecule has 0 aliphatic carbocycles. The maximum atomic E-state index is 12.9. The smallest absolute Gasteiger partial charge is 0.339 e. The van der Waals surface area contributed by atoms with E-state index in [1.54, 1.807) is 0 Å². The Morgan fingerprint density at radius 2 is 1.74 bits per heavy atom. The van der Waals surface area contributed by atoms with Crippen molar-refractivity contribution in [3.63, 3.8) is 0 Å². The molecule has 0 amide bonds. The topological polar surface area (TPSA) is 56.5 Å². The molecule has 0 bridgehead atoms. The minimum atomic E-state index is -0.640. The van der Waals surface area contributed by atoms with E-state index in [1.807, 2.05) is 30.3 Å². The third-order valence-electron chi connectivity index (χ3n) is 3.80. The minimum absolute atomic E-state index is 0.128. The van der Waals surface area contributed by atoms with Gasteiger partial charge in [-0.1, -0.05) is 42.5 Å². The highest BCUT2D eigenvalue weighted by Crippen LogP contribution is 2.14. The van der Waals surface area contributed by atoms with Gasteiger partial charge in [-0.05, 0) is 35.8 Å². The van der Waals surface area contributed by atoms with Gasteiger partial charge in [-0.25, -0.2) is 14.0 Å². The fraction of sp³-hybridized carbons (Fsp3) is 0.0909. The lowest BCUT2D eigenvalue weighted by Crippen LogP contribution is -2.08. The maximum absolute atomic E-state index is 12.9. The summed E-state index contributed by atoms with van der Waals surface area (Å²) in [7, 11) is 0. The first kappa shape index (κ1) is 18.3. The van der Waals surface area contributed by atoms with Gasteiger partial charge in [0.2, 0.25) is 0 Å². The van der Waals surface area contributed by atoms with E-state index in [4.69, 9.17) is 9.15 Å². The average Bonchev–Trinajstić information content (AvgIpc) is 2.66. The predicted octanol–water partition coefficient (Wildman–Crippen LogP) is 4.18. The van der Waals surface area contributed by atoms with Crippen LogP contribution >= 0.6 is 0 Å². The molecule has 1 aromatic heterocycles. The number of halogens is 1. The van der Waals surface area contributed by atoms with E-state index in [0.29, 0.717) is 24.2 Å². The van der Waals surface area contributed by atoms with Crippen molar-refractivity contribution in [1.82, 2.24) is 0 Å². The van der Waals surface area contributed by atoms with Crippen LogP contribution in [0.1, 0.15) is 16.9 Å². The summed E-state index contributed by atoms with van der Waals surface area (Å²) in [6.45, 7) is 0. The van der Waals surface area contributed by atoms with Gasteiger partial charge in [0, 0.05) is 18.6 Å². The molecule has 0 aliphatic rings. The van der Waals surface area contributed by atoms with Crippen LogP contribution in [0.15, 0.2) is 82.0 Å². The predicted molar refractivity (Wildman–Crippen MR) is 99.9 cm³/mol. The van der Waals surface area contributed by atoms with Crippen LogP contribution in [-0.4, -0.2) is 5.97 Å². The molecule has 4 nitrogen and oxygen atoms in total. The van der Waals surface area contributed by atoms with Gasteiger partial charge in [-0.3, -0.25) is 0 Å². The normalized spacial score (nSPS) is 10.9. The van der Waals surface area contributed by atoms with E-state index in [-0.39, 0.29) is 11.6 Å². The fourth-order valence-corrected chi connectivity index (χ4v) is 2.49. The second kappa shape index (κ2) is 8.76. The van der Waals surface area contributed by atoms with Gasteiger partial charge in [0.25, 0.3) is 0 Å². The van der Waals surface area contributed by atoms with Crippen molar-refractivity contribution in [2.24, 2.45) is 0 Å². The Labute approximate surface area is 155 Å². The highest BCUT2D eigenvalue weighted by atomic mass is 19.1. The fourth-order valence-electron chi connectivity index (χ4n) is 2.49. The van der Waals surface area contributed by atoms with Crippen LogP contribution in [0.25, 0.3) is 6.08 Å². The van der Waals surface area contributed by atoms with Crippen LogP contribution < -0.4 is 10.4 Å². The summed E-state index contributed by atoms with van der Waals surface area (Å²) >= 11 is 0. The van der Waals surface area contributed by atoms with E-state index in [9.17, 15) is 14.0 Å². The average molecular weight is 364 g/mol. The van der Waals surface area contributed by atoms with Crippen LogP contribution in [0.3, 0.4) is 0 Å². The minimum Gasteiger partial charge on any atom is -0.428 e. The summed E-state index contributed by atoms with van der Waals surface area (Å²) in [6, 6.07) is 18.1. The molecule has 0 atom stereocenters. The van der Waals surface area contributed by atoms with Gasteiger partial charge in [-0.2, -0.15) is 0 Å². The largest absolute Gasteiger partial charge is 0.428 e. The molecule has 0 fully saturated rings. The Morgan fingerprint density at radius 1 is 1.00 bits per heavy atom. The molecule has 1 heterocycles. The van der Waals surface area contributed by atoms with Crippen LogP contribution in [-0.2, 0) is 17.6 Å². The Kier molecular flexibility index (Phi) is 5.94. The molecular weight excluding hydrogens is 347 g/mol. The number of hydrogen-bond acceptors (Lipinski definition) is 4. The molecule has 3 rings (SSSR count). The van der Waals surface area contributed by atoms with Crippen LogP contribution in [0, 0.1) is 5.82 Å². The first-order valence-corrected chi connectivity index (χ1v) is 8.42. The number of carbonyl (C=O) groups excluding carboxylic acids is 1. The van der Waals surface area contributed by atoms with Crippen LogP contribution in [0.5, 0.6) is 5.75 Å². The Bertz CT molecular complexity index is 989. The zero-order valence-corrected chi connectivity index (χ0v) is 14.4. The Balaban J connectivity index is 1.64. The summed E-state index contributed by atoms with van der Waals surface area (Å²) < 4.78 is 23.2. The third kappa shape index (κ3) is 5.78. The van der Waals surface area contributed by atoms with E-state index in [2.05, 4.69) is 0 Å². The highest BCUT2D eigenvalue weighted by Gasteiger charge is 2.07. The van der Waals surface area contributed by atoms with Crippen molar-refractivity contribution in [3.8, 4) is 5.75 Å². The van der Waals surface area contributed by atoms with Crippen LogP contribution in [0.2, 0.25) is 0 Å². The molecule has 3 aromatic rings. The van der Waals surface area contributed by atoms with Gasteiger partial charge >= 0.3 is 11.6 Å². The highest BCUT2D eigenvalue weighted by molar-refractivity contribution is 5.88. The summed E-state index contributed by atoms with van der Waals surface area (Å²) in [4.78, 5) is 23.6. The zero-order valence-electron chi connectivity index (χ0n) is 14.4. The monoisotopic (exact) mass is 364 g/mol. The van der Waals surface area contributed by atoms with E-state index >= 15 is 0 Å². The zero-order chi connectivity index (χ0) is 19.1. The quantitative estimate of drug-likeness (QED) is 0.486. The number of aryl methyl sites for hydroxylation is 2. The van der Waals surface area contributed by atoms with Gasteiger partial charge < -0.3 is 9.15 Å². The maximum Gasteiger partial charge on any atom is 0.339 e. The third-order valence-corrected chi connectivity index (χ3v) is 3.80. The first-order chi connectivity index (χ1) is 13.1. The number of hydrogen-bond donors (Lipinski definition) is 0. The second-order valence-electron chi connectivity index (χ2n) is 5.87. The molecule has 5 heteroatoms. The SMILES string of the molecule is O=C(/C=C/c1ccc(F)cc1)Oc1cc(CCc2ccccc2)oc(=O)c1. The lowest BCUT2D eigenvalue weighted by Gasteiger charge is -2.04. The van der Waals surface area contributed by atoms with Crippen LogP contribution in [0.4, 0.5) is 4.39 Å². The first-order valence-electron chi connectivity index (χ1n) is 8.42. The summed E-state index contributed by atoms with van der Waals surface area (Å²) in [5, 5.41) is 0. The number of esters is 1. The van der Waals surface area contributed by atoms with Crippen molar-refractivity contribution < 1.29 is 18.3 Å². The molecule has 136 valence electrons. The molecule has 0 N–H and O–H groups in total. The molecule has 0 unspecified atom stereocenters. The molecule has 2 aromatic carbocycles. The molecule has 0 radical (unpaired) electrons. The van der Waals surface area contributed by atoms with Gasteiger partial charge in [-0.15, -0.1) is 0 Å². The molecule has 0 saturated heterocycles. The van der Waals surface area contributed by atoms with Gasteiger partial charge in [0.15, 0.2) is 0 Å². The van der Waals surface area contributed by atoms with Crippen molar-refractivity contribution in [1.29, 1.82) is 0 Å². The van der Waals surface area contributed by atoms with Crippen molar-refractivity contribution in [2.45, 2.75) is 12.8 Å². The number of rotatable bonds is 6. The van der Waals surface area contributed by atoms with Crippen molar-refractivity contribution in [2.75, 3.05) is 0 Å². The molecule has 0 spiro atoms. The Morgan fingerprint density at radius 3 is 2.48 bits per heavy atom. The van der Waals surface area contributed by atoms with E-state index in [0.717, 1.165) is 11.6 Å².